The molecule has 0 saturated carbocycles. The van der Waals surface area contributed by atoms with Crippen LogP contribution in [-0.4, -0.2) is 30.0 Å². The maximum absolute atomic E-state index is 12.6. The summed E-state index contributed by atoms with van der Waals surface area (Å²) in [6, 6.07) is 12.3. The molecule has 3 N–H and O–H groups in total. The standard InChI is InChI=1S/C19H16F3N5O2/c20-19(21,22)13-6-8-14(9-7-13)24-16(28)10-15-17(29)26-18(25-15)27-23-11-12-4-2-1-3-5-12/h1-9,11,15H,10H2,(H,24,28)(H2,25,26,27,29)/b23-11-/t15-/m0/s1. The maximum Gasteiger partial charge on any atom is 0.416 e. The van der Waals surface area contributed by atoms with Crippen molar-refractivity contribution in [3.8, 4) is 0 Å². The molecule has 1 heterocycles. The first kappa shape index (κ1) is 20.1. The molecule has 1 atom stereocenters. The minimum absolute atomic E-state index is 0.106. The van der Waals surface area contributed by atoms with Gasteiger partial charge in [0.05, 0.1) is 18.2 Å². The first-order valence-electron chi connectivity index (χ1n) is 8.51. The number of carbonyl (C=O) groups excluding carboxylic acids is 2. The number of benzene rings is 2. The van der Waals surface area contributed by atoms with Crippen LogP contribution in [0.25, 0.3) is 0 Å². The molecule has 2 aromatic rings. The van der Waals surface area contributed by atoms with Gasteiger partial charge in [0, 0.05) is 5.69 Å². The second-order valence-corrected chi connectivity index (χ2v) is 6.09. The van der Waals surface area contributed by atoms with Gasteiger partial charge in [0.1, 0.15) is 6.04 Å². The van der Waals surface area contributed by atoms with E-state index in [4.69, 9.17) is 0 Å². The predicted molar refractivity (Wildman–Crippen MR) is 101 cm³/mol. The van der Waals surface area contributed by atoms with Crippen molar-refractivity contribution in [2.24, 2.45) is 10.1 Å². The van der Waals surface area contributed by atoms with E-state index in [1.807, 2.05) is 30.3 Å². The fourth-order valence-corrected chi connectivity index (χ4v) is 2.48. The summed E-state index contributed by atoms with van der Waals surface area (Å²) in [6.45, 7) is 0. The van der Waals surface area contributed by atoms with E-state index in [0.29, 0.717) is 0 Å². The maximum atomic E-state index is 12.6. The third kappa shape index (κ3) is 5.64. The molecule has 3 rings (SSSR count). The zero-order valence-corrected chi connectivity index (χ0v) is 14.9. The van der Waals surface area contributed by atoms with Gasteiger partial charge in [-0.3, -0.25) is 14.9 Å². The van der Waals surface area contributed by atoms with E-state index in [9.17, 15) is 22.8 Å². The Balaban J connectivity index is 1.53. The van der Waals surface area contributed by atoms with Gasteiger partial charge in [-0.15, -0.1) is 0 Å². The number of carbonyl (C=O) groups is 2. The van der Waals surface area contributed by atoms with Gasteiger partial charge in [-0.1, -0.05) is 30.3 Å². The van der Waals surface area contributed by atoms with Gasteiger partial charge in [-0.2, -0.15) is 18.3 Å². The van der Waals surface area contributed by atoms with Crippen molar-refractivity contribution < 1.29 is 22.8 Å². The third-order valence-electron chi connectivity index (χ3n) is 3.89. The Kier molecular flexibility index (Phi) is 5.91. The number of nitrogens with zero attached hydrogens (tertiary/aromatic N) is 2. The lowest BCUT2D eigenvalue weighted by atomic mass is 10.1. The number of nitrogens with one attached hydrogen (secondary N) is 3. The van der Waals surface area contributed by atoms with Crippen molar-refractivity contribution in [2.45, 2.75) is 18.6 Å². The first-order valence-corrected chi connectivity index (χ1v) is 8.51. The molecule has 2 amide bonds. The zero-order valence-electron chi connectivity index (χ0n) is 14.9. The molecule has 0 spiro atoms. The van der Waals surface area contributed by atoms with Gasteiger partial charge in [0.15, 0.2) is 0 Å². The monoisotopic (exact) mass is 403 g/mol. The van der Waals surface area contributed by atoms with E-state index in [1.54, 1.807) is 6.21 Å². The predicted octanol–water partition coefficient (Wildman–Crippen LogP) is 2.51. The number of amides is 2. The Morgan fingerprint density at radius 3 is 2.48 bits per heavy atom. The molecule has 0 aromatic heterocycles. The molecular formula is C19H16F3N5O2. The normalized spacial score (nSPS) is 16.4. The lowest BCUT2D eigenvalue weighted by Crippen LogP contribution is -2.35. The molecule has 2 aromatic carbocycles. The fourth-order valence-electron chi connectivity index (χ4n) is 2.48. The minimum atomic E-state index is -4.45. The summed E-state index contributed by atoms with van der Waals surface area (Å²) >= 11 is 0. The van der Waals surface area contributed by atoms with Crippen molar-refractivity contribution >= 4 is 29.7 Å². The van der Waals surface area contributed by atoms with Crippen molar-refractivity contribution in [2.75, 3.05) is 5.32 Å². The number of aliphatic imine (C=N–C) groups is 1. The largest absolute Gasteiger partial charge is 0.416 e. The van der Waals surface area contributed by atoms with Crippen molar-refractivity contribution in [3.05, 3.63) is 65.7 Å². The smallest absolute Gasteiger partial charge is 0.326 e. The summed E-state index contributed by atoms with van der Waals surface area (Å²) in [5.41, 5.74) is 2.80. The summed E-state index contributed by atoms with van der Waals surface area (Å²) in [5.74, 6) is -0.929. The highest BCUT2D eigenvalue weighted by atomic mass is 19.4. The van der Waals surface area contributed by atoms with Crippen LogP contribution < -0.4 is 16.1 Å². The van der Waals surface area contributed by atoms with Crippen molar-refractivity contribution in [3.63, 3.8) is 0 Å². The van der Waals surface area contributed by atoms with Crippen LogP contribution in [0.3, 0.4) is 0 Å². The Labute approximate surface area is 163 Å². The number of hydrazone groups is 1. The highest BCUT2D eigenvalue weighted by Crippen LogP contribution is 2.29. The quantitative estimate of drug-likeness (QED) is 0.529. The summed E-state index contributed by atoms with van der Waals surface area (Å²) in [7, 11) is 0. The number of rotatable bonds is 5. The average Bonchev–Trinajstić information content (AvgIpc) is 3.01. The van der Waals surface area contributed by atoms with Gasteiger partial charge in [-0.25, -0.2) is 10.4 Å². The first-order chi connectivity index (χ1) is 13.8. The molecule has 0 fully saturated rings. The fraction of sp³-hybridized carbons (Fsp3) is 0.158. The molecule has 150 valence electrons. The molecule has 1 aliphatic rings. The number of hydrogen-bond acceptors (Lipinski definition) is 5. The van der Waals surface area contributed by atoms with Crippen LogP contribution in [0.2, 0.25) is 0 Å². The molecule has 1 aliphatic heterocycles. The van der Waals surface area contributed by atoms with Gasteiger partial charge in [0.2, 0.25) is 11.9 Å². The van der Waals surface area contributed by atoms with E-state index < -0.39 is 29.6 Å². The van der Waals surface area contributed by atoms with E-state index in [-0.39, 0.29) is 18.1 Å². The van der Waals surface area contributed by atoms with Crippen LogP contribution in [0.15, 0.2) is 64.7 Å². The van der Waals surface area contributed by atoms with Crippen LogP contribution in [0, 0.1) is 0 Å². The minimum Gasteiger partial charge on any atom is -0.326 e. The molecule has 0 aliphatic carbocycles. The van der Waals surface area contributed by atoms with Crippen molar-refractivity contribution in [1.82, 2.24) is 10.7 Å². The Morgan fingerprint density at radius 2 is 1.83 bits per heavy atom. The lowest BCUT2D eigenvalue weighted by molar-refractivity contribution is -0.137. The summed E-state index contributed by atoms with van der Waals surface area (Å²) < 4.78 is 37.7. The van der Waals surface area contributed by atoms with E-state index in [1.165, 1.54) is 0 Å². The van der Waals surface area contributed by atoms with Crippen LogP contribution in [0.1, 0.15) is 17.5 Å². The van der Waals surface area contributed by atoms with Crippen LogP contribution in [-0.2, 0) is 15.8 Å². The SMILES string of the molecule is O=C(C[C@@H]1N=C(N/N=C\c2ccccc2)NC1=O)Nc1ccc(C(F)(F)F)cc1. The van der Waals surface area contributed by atoms with Crippen molar-refractivity contribution in [1.29, 1.82) is 0 Å². The third-order valence-corrected chi connectivity index (χ3v) is 3.89. The Morgan fingerprint density at radius 1 is 1.14 bits per heavy atom. The van der Waals surface area contributed by atoms with Crippen LogP contribution >= 0.6 is 0 Å². The highest BCUT2D eigenvalue weighted by Gasteiger charge is 2.30. The average molecular weight is 403 g/mol. The van der Waals surface area contributed by atoms with Gasteiger partial charge < -0.3 is 5.32 Å². The molecule has 0 unspecified atom stereocenters. The number of anilines is 1. The van der Waals surface area contributed by atoms with E-state index in [0.717, 1.165) is 29.8 Å². The second-order valence-electron chi connectivity index (χ2n) is 6.09. The molecule has 0 saturated heterocycles. The Bertz CT molecular complexity index is 941. The number of hydrogen-bond donors (Lipinski definition) is 3. The van der Waals surface area contributed by atoms with Gasteiger partial charge in [0.25, 0.3) is 5.91 Å². The Hall–Kier alpha value is -3.69. The molecule has 0 radical (unpaired) electrons. The highest BCUT2D eigenvalue weighted by molar-refractivity contribution is 6.07. The molecule has 29 heavy (non-hydrogen) atoms. The number of halogens is 3. The number of alkyl halides is 3. The zero-order chi connectivity index (χ0) is 20.9. The second kappa shape index (κ2) is 8.55. The summed E-state index contributed by atoms with van der Waals surface area (Å²) in [4.78, 5) is 28.1. The lowest BCUT2D eigenvalue weighted by Gasteiger charge is -2.09. The topological polar surface area (TPSA) is 94.9 Å². The van der Waals surface area contributed by atoms with Gasteiger partial charge >= 0.3 is 6.18 Å². The van der Waals surface area contributed by atoms with Crippen LogP contribution in [0.5, 0.6) is 0 Å². The summed E-state index contributed by atoms with van der Waals surface area (Å²) in [5, 5.41) is 8.86. The molecular weight excluding hydrogens is 387 g/mol. The van der Waals surface area contributed by atoms with Gasteiger partial charge in [-0.05, 0) is 29.8 Å². The van der Waals surface area contributed by atoms with E-state index >= 15 is 0 Å². The summed E-state index contributed by atoms with van der Waals surface area (Å²) in [6.07, 6.45) is -3.18. The van der Waals surface area contributed by atoms with E-state index in [2.05, 4.69) is 26.2 Å². The van der Waals surface area contributed by atoms with Crippen LogP contribution in [0.4, 0.5) is 18.9 Å². The molecule has 10 heteroatoms. The molecule has 7 nitrogen and oxygen atoms in total. The molecule has 0 bridgehead atoms. The number of guanidine groups is 1.